The molecule has 2 amide bonds. The normalized spacial score (nSPS) is 13.8. The Bertz CT molecular complexity index is 766. The van der Waals surface area contributed by atoms with Crippen molar-refractivity contribution in [3.8, 4) is 0 Å². The molecular formula is C15H11F3N2O2. The van der Waals surface area contributed by atoms with E-state index in [0.717, 1.165) is 10.8 Å². The molecule has 0 saturated carbocycles. The molecule has 2 aromatic carbocycles. The second-order valence-corrected chi connectivity index (χ2v) is 4.96. The Morgan fingerprint density at radius 2 is 1.82 bits per heavy atom. The molecule has 0 aliphatic carbocycles. The lowest BCUT2D eigenvalue weighted by molar-refractivity contribution is -0.137. The number of carbonyl (C=O) groups is 2. The molecule has 3 rings (SSSR count). The van der Waals surface area contributed by atoms with Crippen molar-refractivity contribution in [2.45, 2.75) is 6.18 Å². The average Bonchev–Trinajstić information content (AvgIpc) is 2.73. The van der Waals surface area contributed by atoms with Crippen molar-refractivity contribution in [2.75, 3.05) is 18.0 Å². The highest BCUT2D eigenvalue weighted by atomic mass is 19.4. The molecule has 4 nitrogen and oxygen atoms in total. The number of hydrogen-bond acceptors (Lipinski definition) is 2. The topological polar surface area (TPSA) is 49.4 Å². The van der Waals surface area contributed by atoms with Crippen LogP contribution in [0.15, 0.2) is 36.4 Å². The van der Waals surface area contributed by atoms with Crippen LogP contribution in [0.4, 0.5) is 18.9 Å². The van der Waals surface area contributed by atoms with E-state index in [0.29, 0.717) is 11.3 Å². The van der Waals surface area contributed by atoms with Crippen LogP contribution in [0.2, 0.25) is 0 Å². The molecule has 0 atom stereocenters. The number of rotatable bonds is 3. The van der Waals surface area contributed by atoms with Crippen molar-refractivity contribution in [2.24, 2.45) is 0 Å². The van der Waals surface area contributed by atoms with E-state index in [1.807, 2.05) is 12.1 Å². The predicted molar refractivity (Wildman–Crippen MR) is 74.7 cm³/mol. The minimum Gasteiger partial charge on any atom is -0.345 e. The Morgan fingerprint density at radius 1 is 1.14 bits per heavy atom. The first-order valence-electron chi connectivity index (χ1n) is 6.54. The van der Waals surface area contributed by atoms with Crippen molar-refractivity contribution >= 4 is 28.3 Å². The maximum Gasteiger partial charge on any atom is 0.405 e. The zero-order valence-corrected chi connectivity index (χ0v) is 11.3. The van der Waals surface area contributed by atoms with E-state index in [4.69, 9.17) is 0 Å². The van der Waals surface area contributed by atoms with Crippen LogP contribution in [-0.2, 0) is 4.79 Å². The van der Waals surface area contributed by atoms with Gasteiger partial charge in [0.15, 0.2) is 0 Å². The van der Waals surface area contributed by atoms with Gasteiger partial charge in [0.2, 0.25) is 5.91 Å². The quantitative estimate of drug-likeness (QED) is 0.947. The third-order valence-corrected chi connectivity index (χ3v) is 3.44. The fourth-order valence-electron chi connectivity index (χ4n) is 2.53. The summed E-state index contributed by atoms with van der Waals surface area (Å²) in [5.74, 6) is -1.23. The molecule has 0 saturated heterocycles. The second kappa shape index (κ2) is 5.01. The fourth-order valence-corrected chi connectivity index (χ4v) is 2.53. The molecule has 22 heavy (non-hydrogen) atoms. The van der Waals surface area contributed by atoms with Crippen LogP contribution in [0.1, 0.15) is 10.4 Å². The molecule has 2 aromatic rings. The fraction of sp³-hybridized carbons (Fsp3) is 0.200. The minimum atomic E-state index is -4.48. The van der Waals surface area contributed by atoms with Crippen LogP contribution in [0.25, 0.3) is 10.8 Å². The lowest BCUT2D eigenvalue weighted by atomic mass is 10.1. The monoisotopic (exact) mass is 308 g/mol. The highest BCUT2D eigenvalue weighted by Crippen LogP contribution is 2.36. The van der Waals surface area contributed by atoms with Crippen LogP contribution in [0, 0.1) is 0 Å². The summed E-state index contributed by atoms with van der Waals surface area (Å²) in [5.41, 5.74) is 0.997. The van der Waals surface area contributed by atoms with Gasteiger partial charge in [-0.25, -0.2) is 0 Å². The summed E-state index contributed by atoms with van der Waals surface area (Å²) < 4.78 is 36.3. The average molecular weight is 308 g/mol. The molecule has 1 heterocycles. The van der Waals surface area contributed by atoms with Crippen molar-refractivity contribution in [1.82, 2.24) is 5.32 Å². The molecule has 0 unspecified atom stereocenters. The van der Waals surface area contributed by atoms with Crippen molar-refractivity contribution in [3.05, 3.63) is 42.0 Å². The molecule has 0 aromatic heterocycles. The van der Waals surface area contributed by atoms with E-state index in [-0.39, 0.29) is 5.91 Å². The molecule has 0 spiro atoms. The van der Waals surface area contributed by atoms with E-state index in [1.165, 1.54) is 4.90 Å². The highest BCUT2D eigenvalue weighted by molar-refractivity contribution is 6.26. The summed E-state index contributed by atoms with van der Waals surface area (Å²) in [6.07, 6.45) is -4.48. The Kier molecular flexibility index (Phi) is 3.27. The number of hydrogen-bond donors (Lipinski definition) is 1. The summed E-state index contributed by atoms with van der Waals surface area (Å²) in [4.78, 5) is 25.2. The minimum absolute atomic E-state index is 0.381. The van der Waals surface area contributed by atoms with Gasteiger partial charge in [-0.05, 0) is 17.5 Å². The first-order chi connectivity index (χ1) is 10.4. The number of anilines is 1. The highest BCUT2D eigenvalue weighted by Gasteiger charge is 2.32. The van der Waals surface area contributed by atoms with Gasteiger partial charge in [-0.3, -0.25) is 14.5 Å². The first kappa shape index (κ1) is 14.4. The number of carbonyl (C=O) groups excluding carboxylic acids is 2. The van der Waals surface area contributed by atoms with Crippen LogP contribution in [-0.4, -0.2) is 31.1 Å². The van der Waals surface area contributed by atoms with E-state index in [1.54, 1.807) is 29.6 Å². The number of nitrogens with zero attached hydrogens (tertiary/aromatic N) is 1. The maximum absolute atomic E-state index is 12.3. The van der Waals surface area contributed by atoms with Crippen molar-refractivity contribution in [3.63, 3.8) is 0 Å². The van der Waals surface area contributed by atoms with Gasteiger partial charge >= 0.3 is 6.18 Å². The van der Waals surface area contributed by atoms with Gasteiger partial charge in [-0.1, -0.05) is 24.3 Å². The van der Waals surface area contributed by atoms with Crippen molar-refractivity contribution < 1.29 is 22.8 Å². The molecule has 1 aliphatic rings. The molecule has 0 fully saturated rings. The Morgan fingerprint density at radius 3 is 2.50 bits per heavy atom. The molecule has 0 bridgehead atoms. The smallest absolute Gasteiger partial charge is 0.345 e. The molecule has 7 heteroatoms. The van der Waals surface area contributed by atoms with E-state index in [2.05, 4.69) is 0 Å². The summed E-state index contributed by atoms with van der Waals surface area (Å²) in [7, 11) is 0. The van der Waals surface area contributed by atoms with Gasteiger partial charge in [0.05, 0.1) is 5.69 Å². The zero-order valence-electron chi connectivity index (χ0n) is 11.3. The van der Waals surface area contributed by atoms with Gasteiger partial charge < -0.3 is 5.32 Å². The summed E-state index contributed by atoms with van der Waals surface area (Å²) in [6, 6.07) is 10.5. The SMILES string of the molecule is O=C(CN1C(=O)c2cccc3cccc1c23)NCC(F)(F)F. The Balaban J connectivity index is 1.84. The number of benzene rings is 2. The summed E-state index contributed by atoms with van der Waals surface area (Å²) >= 11 is 0. The van der Waals surface area contributed by atoms with E-state index in [9.17, 15) is 22.8 Å². The van der Waals surface area contributed by atoms with E-state index >= 15 is 0 Å². The molecule has 1 aliphatic heterocycles. The van der Waals surface area contributed by atoms with Gasteiger partial charge in [-0.2, -0.15) is 13.2 Å². The van der Waals surface area contributed by atoms with Crippen LogP contribution < -0.4 is 10.2 Å². The van der Waals surface area contributed by atoms with Crippen LogP contribution >= 0.6 is 0 Å². The summed E-state index contributed by atoms with van der Waals surface area (Å²) in [6.45, 7) is -1.85. The molecule has 114 valence electrons. The lowest BCUT2D eigenvalue weighted by Crippen LogP contribution is -2.42. The lowest BCUT2D eigenvalue weighted by Gasteiger charge is -2.17. The largest absolute Gasteiger partial charge is 0.405 e. The third kappa shape index (κ3) is 2.49. The maximum atomic E-state index is 12.3. The number of alkyl halides is 3. The standard InChI is InChI=1S/C15H11F3N2O2/c16-15(17,18)8-19-12(21)7-20-11-6-2-4-9-3-1-5-10(13(9)11)14(20)22/h1-6H,7-8H2,(H,19,21). The van der Waals surface area contributed by atoms with Gasteiger partial charge in [0.25, 0.3) is 5.91 Å². The third-order valence-electron chi connectivity index (χ3n) is 3.44. The number of amides is 2. The molecule has 0 radical (unpaired) electrons. The van der Waals surface area contributed by atoms with Gasteiger partial charge in [0.1, 0.15) is 13.1 Å². The Hall–Kier alpha value is -2.57. The van der Waals surface area contributed by atoms with E-state index < -0.39 is 25.2 Å². The van der Waals surface area contributed by atoms with Gasteiger partial charge in [-0.15, -0.1) is 0 Å². The Labute approximate surface area is 123 Å². The first-order valence-corrected chi connectivity index (χ1v) is 6.54. The van der Waals surface area contributed by atoms with Crippen LogP contribution in [0.3, 0.4) is 0 Å². The van der Waals surface area contributed by atoms with Crippen LogP contribution in [0.5, 0.6) is 0 Å². The molecule has 1 N–H and O–H groups in total. The predicted octanol–water partition coefficient (Wildman–Crippen LogP) is 2.48. The number of nitrogens with one attached hydrogen (secondary N) is 1. The number of halogens is 3. The molecular weight excluding hydrogens is 297 g/mol. The van der Waals surface area contributed by atoms with Crippen molar-refractivity contribution in [1.29, 1.82) is 0 Å². The van der Waals surface area contributed by atoms with Gasteiger partial charge in [0, 0.05) is 10.9 Å². The second-order valence-electron chi connectivity index (χ2n) is 4.96. The zero-order chi connectivity index (χ0) is 15.9. The summed E-state index contributed by atoms with van der Waals surface area (Å²) in [5, 5.41) is 3.34.